The van der Waals surface area contributed by atoms with E-state index in [2.05, 4.69) is 26.7 Å². The second-order valence-corrected chi connectivity index (χ2v) is 7.89. The number of allylic oxidation sites excluding steroid dienone is 1. The SMILES string of the molecule is C=CCCC(O)CN1CCN(Cc2nc(C(=O)NCc3cccc(C)c3)co2)CC1. The fourth-order valence-electron chi connectivity index (χ4n) is 3.60. The maximum atomic E-state index is 12.3. The van der Waals surface area contributed by atoms with E-state index in [0.29, 0.717) is 31.2 Å². The van der Waals surface area contributed by atoms with Gasteiger partial charge in [-0.05, 0) is 25.3 Å². The quantitative estimate of drug-likeness (QED) is 0.583. The number of β-amino-alcohol motifs (C(OH)–C–C–N with tert-alkyl or cyclic N) is 1. The third-order valence-corrected chi connectivity index (χ3v) is 5.32. The molecule has 0 saturated carbocycles. The van der Waals surface area contributed by atoms with Gasteiger partial charge in [-0.2, -0.15) is 0 Å². The first-order valence-electron chi connectivity index (χ1n) is 10.6. The van der Waals surface area contributed by atoms with Crippen LogP contribution >= 0.6 is 0 Å². The lowest BCUT2D eigenvalue weighted by Gasteiger charge is -2.34. The number of benzene rings is 1. The highest BCUT2D eigenvalue weighted by Gasteiger charge is 2.21. The molecule has 162 valence electrons. The molecule has 0 aliphatic carbocycles. The second kappa shape index (κ2) is 11.1. The van der Waals surface area contributed by atoms with Gasteiger partial charge in [0.05, 0.1) is 12.6 Å². The topological polar surface area (TPSA) is 81.8 Å². The molecular formula is C23H32N4O3. The van der Waals surface area contributed by atoms with Gasteiger partial charge < -0.3 is 14.8 Å². The number of carbonyl (C=O) groups is 1. The molecule has 2 N–H and O–H groups in total. The van der Waals surface area contributed by atoms with Crippen LogP contribution in [0.25, 0.3) is 0 Å². The Bertz CT molecular complexity index is 827. The number of aryl methyl sites for hydroxylation is 1. The zero-order valence-corrected chi connectivity index (χ0v) is 17.7. The molecule has 30 heavy (non-hydrogen) atoms. The number of aromatic nitrogens is 1. The molecule has 0 spiro atoms. The number of amides is 1. The molecule has 0 bridgehead atoms. The summed E-state index contributed by atoms with van der Waals surface area (Å²) < 4.78 is 5.52. The summed E-state index contributed by atoms with van der Waals surface area (Å²) >= 11 is 0. The molecule has 1 atom stereocenters. The van der Waals surface area contributed by atoms with Crippen molar-refractivity contribution in [1.29, 1.82) is 0 Å². The molecule has 1 saturated heterocycles. The van der Waals surface area contributed by atoms with E-state index in [-0.39, 0.29) is 12.0 Å². The number of hydrogen-bond donors (Lipinski definition) is 2. The summed E-state index contributed by atoms with van der Waals surface area (Å²) in [6, 6.07) is 8.04. The Morgan fingerprint density at radius 3 is 2.83 bits per heavy atom. The van der Waals surface area contributed by atoms with Gasteiger partial charge in [0.15, 0.2) is 5.69 Å². The molecule has 1 fully saturated rings. The fourth-order valence-corrected chi connectivity index (χ4v) is 3.60. The van der Waals surface area contributed by atoms with Crippen molar-refractivity contribution >= 4 is 5.91 Å². The summed E-state index contributed by atoms with van der Waals surface area (Å²) in [5.41, 5.74) is 2.53. The number of carbonyl (C=O) groups excluding carboxylic acids is 1. The highest BCUT2D eigenvalue weighted by molar-refractivity contribution is 5.91. The average molecular weight is 413 g/mol. The Hall–Kier alpha value is -2.48. The van der Waals surface area contributed by atoms with E-state index in [1.807, 2.05) is 37.3 Å². The number of oxazole rings is 1. The first kappa shape index (κ1) is 22.2. The molecule has 1 aromatic heterocycles. The number of aliphatic hydroxyl groups is 1. The van der Waals surface area contributed by atoms with Crippen LogP contribution in [0.1, 0.15) is 40.3 Å². The smallest absolute Gasteiger partial charge is 0.273 e. The van der Waals surface area contributed by atoms with E-state index in [1.165, 1.54) is 6.26 Å². The lowest BCUT2D eigenvalue weighted by molar-refractivity contribution is 0.0642. The summed E-state index contributed by atoms with van der Waals surface area (Å²) in [6.07, 6.45) is 4.56. The van der Waals surface area contributed by atoms with Gasteiger partial charge in [-0.3, -0.25) is 14.6 Å². The Labute approximate surface area is 178 Å². The molecule has 1 aliphatic rings. The molecule has 1 aromatic carbocycles. The summed E-state index contributed by atoms with van der Waals surface area (Å²) in [5.74, 6) is 0.319. The van der Waals surface area contributed by atoms with Crippen molar-refractivity contribution in [3.8, 4) is 0 Å². The highest BCUT2D eigenvalue weighted by Crippen LogP contribution is 2.11. The molecule has 1 unspecified atom stereocenters. The van der Waals surface area contributed by atoms with Crippen molar-refractivity contribution in [2.24, 2.45) is 0 Å². The normalized spacial score (nSPS) is 16.3. The Kier molecular flexibility index (Phi) is 8.19. The van der Waals surface area contributed by atoms with Crippen LogP contribution in [0.4, 0.5) is 0 Å². The minimum Gasteiger partial charge on any atom is -0.447 e. The fraction of sp³-hybridized carbons (Fsp3) is 0.478. The van der Waals surface area contributed by atoms with E-state index >= 15 is 0 Å². The molecule has 0 radical (unpaired) electrons. The van der Waals surface area contributed by atoms with Gasteiger partial charge in [0.1, 0.15) is 6.26 Å². The average Bonchev–Trinajstić information content (AvgIpc) is 3.20. The maximum absolute atomic E-state index is 12.3. The van der Waals surface area contributed by atoms with Crippen molar-refractivity contribution in [1.82, 2.24) is 20.1 Å². The molecule has 3 rings (SSSR count). The minimum absolute atomic E-state index is 0.232. The molecule has 7 heteroatoms. The van der Waals surface area contributed by atoms with Crippen molar-refractivity contribution in [2.45, 2.75) is 39.0 Å². The highest BCUT2D eigenvalue weighted by atomic mass is 16.3. The minimum atomic E-state index is -0.304. The second-order valence-electron chi connectivity index (χ2n) is 7.89. The number of nitrogens with zero attached hydrogens (tertiary/aromatic N) is 3. The Morgan fingerprint density at radius 1 is 1.33 bits per heavy atom. The van der Waals surface area contributed by atoms with Crippen molar-refractivity contribution < 1.29 is 14.3 Å². The predicted octanol–water partition coefficient (Wildman–Crippen LogP) is 2.36. The zero-order chi connectivity index (χ0) is 21.3. The van der Waals surface area contributed by atoms with Gasteiger partial charge >= 0.3 is 0 Å². The summed E-state index contributed by atoms with van der Waals surface area (Å²) in [6.45, 7) is 11.0. The third-order valence-electron chi connectivity index (χ3n) is 5.32. The molecular weight excluding hydrogens is 380 g/mol. The van der Waals surface area contributed by atoms with E-state index in [0.717, 1.165) is 50.1 Å². The molecule has 2 heterocycles. The largest absolute Gasteiger partial charge is 0.447 e. The predicted molar refractivity (Wildman–Crippen MR) is 116 cm³/mol. The number of aliphatic hydroxyl groups excluding tert-OH is 1. The van der Waals surface area contributed by atoms with Gasteiger partial charge in [-0.15, -0.1) is 6.58 Å². The van der Waals surface area contributed by atoms with Crippen molar-refractivity contribution in [2.75, 3.05) is 32.7 Å². The number of piperazine rings is 1. The number of nitrogens with one attached hydrogen (secondary N) is 1. The van der Waals surface area contributed by atoms with Crippen LogP contribution in [0.3, 0.4) is 0 Å². The lowest BCUT2D eigenvalue weighted by Crippen LogP contribution is -2.48. The molecule has 2 aromatic rings. The third kappa shape index (κ3) is 6.79. The number of rotatable bonds is 10. The Morgan fingerprint density at radius 2 is 2.10 bits per heavy atom. The van der Waals surface area contributed by atoms with Crippen LogP contribution in [0.2, 0.25) is 0 Å². The first-order valence-corrected chi connectivity index (χ1v) is 10.6. The van der Waals surface area contributed by atoms with Crippen LogP contribution in [-0.2, 0) is 13.1 Å². The van der Waals surface area contributed by atoms with Gasteiger partial charge in [0.25, 0.3) is 5.91 Å². The van der Waals surface area contributed by atoms with Crippen LogP contribution < -0.4 is 5.32 Å². The number of hydrogen-bond acceptors (Lipinski definition) is 6. The summed E-state index contributed by atoms with van der Waals surface area (Å²) in [5, 5.41) is 12.9. The molecule has 1 amide bonds. The van der Waals surface area contributed by atoms with Gasteiger partial charge in [-0.25, -0.2) is 4.98 Å². The van der Waals surface area contributed by atoms with Gasteiger partial charge in [0.2, 0.25) is 5.89 Å². The van der Waals surface area contributed by atoms with E-state index in [1.54, 1.807) is 0 Å². The van der Waals surface area contributed by atoms with E-state index < -0.39 is 0 Å². The van der Waals surface area contributed by atoms with Crippen molar-refractivity contribution in [3.05, 3.63) is 65.9 Å². The first-order chi connectivity index (χ1) is 14.5. The molecule has 1 aliphatic heterocycles. The zero-order valence-electron chi connectivity index (χ0n) is 17.7. The lowest BCUT2D eigenvalue weighted by atomic mass is 10.1. The standard InChI is InChI=1S/C23H32N4O3/c1-3-4-8-20(28)15-26-9-11-27(12-10-26)16-22-25-21(17-30-22)23(29)24-14-19-7-5-6-18(2)13-19/h3,5-7,13,17,20,28H,1,4,8-12,14-16H2,2H3,(H,24,29). The van der Waals surface area contributed by atoms with Gasteiger partial charge in [0, 0.05) is 39.3 Å². The van der Waals surface area contributed by atoms with Crippen LogP contribution in [0.15, 0.2) is 47.6 Å². The maximum Gasteiger partial charge on any atom is 0.273 e. The van der Waals surface area contributed by atoms with Crippen LogP contribution in [-0.4, -0.2) is 64.6 Å². The van der Waals surface area contributed by atoms with E-state index in [4.69, 9.17) is 4.42 Å². The van der Waals surface area contributed by atoms with Crippen molar-refractivity contribution in [3.63, 3.8) is 0 Å². The summed E-state index contributed by atoms with van der Waals surface area (Å²) in [7, 11) is 0. The molecule has 7 nitrogen and oxygen atoms in total. The Balaban J connectivity index is 1.41. The summed E-state index contributed by atoms with van der Waals surface area (Å²) in [4.78, 5) is 21.2. The van der Waals surface area contributed by atoms with E-state index in [9.17, 15) is 9.90 Å². The van der Waals surface area contributed by atoms with Crippen LogP contribution in [0, 0.1) is 6.92 Å². The van der Waals surface area contributed by atoms with Crippen LogP contribution in [0.5, 0.6) is 0 Å². The monoisotopic (exact) mass is 412 g/mol. The van der Waals surface area contributed by atoms with Gasteiger partial charge in [-0.1, -0.05) is 35.9 Å².